The Morgan fingerprint density at radius 2 is 2.37 bits per heavy atom. The lowest BCUT2D eigenvalue weighted by atomic mass is 10.0. The molecule has 0 amide bonds. The van der Waals surface area contributed by atoms with Gasteiger partial charge in [0, 0.05) is 29.4 Å². The van der Waals surface area contributed by atoms with E-state index < -0.39 is 0 Å². The fourth-order valence-electron chi connectivity index (χ4n) is 1.98. The second kappa shape index (κ2) is 4.93. The van der Waals surface area contributed by atoms with Gasteiger partial charge in [-0.2, -0.15) is 0 Å². The van der Waals surface area contributed by atoms with Gasteiger partial charge in [0.2, 0.25) is 0 Å². The van der Waals surface area contributed by atoms with Crippen molar-refractivity contribution in [2.45, 2.75) is 13.3 Å². The van der Waals surface area contributed by atoms with Crippen molar-refractivity contribution in [2.24, 2.45) is 0 Å². The van der Waals surface area contributed by atoms with Crippen LogP contribution in [-0.2, 0) is 11.2 Å². The fraction of sp³-hybridized carbons (Fsp3) is 0.143. The maximum atomic E-state index is 12.2. The number of aromatic nitrogens is 1. The molecule has 2 aliphatic rings. The first-order valence-electron chi connectivity index (χ1n) is 6.00. The van der Waals surface area contributed by atoms with E-state index in [1.807, 2.05) is 54.0 Å². The van der Waals surface area contributed by atoms with Gasteiger partial charge < -0.3 is 4.72 Å². The molecule has 0 saturated heterocycles. The van der Waals surface area contributed by atoms with E-state index in [4.69, 9.17) is 0 Å². The molecule has 0 saturated carbocycles. The summed E-state index contributed by atoms with van der Waals surface area (Å²) >= 11 is 1.48. The van der Waals surface area contributed by atoms with Crippen LogP contribution in [0.4, 0.5) is 0 Å². The Kier molecular flexibility index (Phi) is 3.13. The molecule has 0 radical (unpaired) electrons. The summed E-state index contributed by atoms with van der Waals surface area (Å²) in [4.78, 5) is 16.6. The highest BCUT2D eigenvalue weighted by molar-refractivity contribution is 7.95. The van der Waals surface area contributed by atoms with E-state index in [0.29, 0.717) is 6.42 Å². The number of fused-ring (bicyclic) bond motifs is 1. The summed E-state index contributed by atoms with van der Waals surface area (Å²) in [6, 6.07) is 5.74. The highest BCUT2D eigenvalue weighted by atomic mass is 32.2. The Morgan fingerprint density at radius 1 is 1.47 bits per heavy atom. The summed E-state index contributed by atoms with van der Waals surface area (Å²) in [7, 11) is 0. The molecule has 1 aromatic rings. The average molecular weight is 271 g/mol. The Balaban J connectivity index is 1.76. The molecule has 2 aliphatic heterocycles. The van der Waals surface area contributed by atoms with Gasteiger partial charge in [0.05, 0.1) is 24.3 Å². The van der Waals surface area contributed by atoms with Crippen LogP contribution in [0.2, 0.25) is 0 Å². The lowest BCUT2D eigenvalue weighted by molar-refractivity contribution is -0.114. The molecule has 1 N–H and O–H groups in total. The molecule has 0 fully saturated rings. The third kappa shape index (κ3) is 2.56. The molecule has 0 atom stereocenters. The topological polar surface area (TPSA) is 45.2 Å². The van der Waals surface area contributed by atoms with Gasteiger partial charge in [-0.15, -0.1) is 0 Å². The van der Waals surface area contributed by atoms with Crippen LogP contribution in [0.25, 0.3) is 0 Å². The minimum atomic E-state index is 0.0896. The van der Waals surface area contributed by atoms with Crippen LogP contribution < -0.4 is 4.72 Å². The van der Waals surface area contributed by atoms with Crippen LogP contribution in [0, 0.1) is 6.92 Å². The number of nitrogens with one attached hydrogen (secondary N) is 1. The zero-order chi connectivity index (χ0) is 13.2. The number of carbonyl (C=O) groups excluding carboxylic acids is 1. The largest absolute Gasteiger partial charge is 0.316 e. The standard InChI is InChI=1S/C14H13N3OS/c1-10-3-2-4-12(16-10)8-14(18)11-5-6-17-13(7-11)9-15-19-17/h2-7,9,15H,8H2,1H3. The van der Waals surface area contributed by atoms with Crippen molar-refractivity contribution in [1.29, 1.82) is 0 Å². The third-order valence-corrected chi connectivity index (χ3v) is 3.67. The minimum Gasteiger partial charge on any atom is -0.316 e. The fourth-order valence-corrected chi connectivity index (χ4v) is 2.59. The molecule has 1 aromatic heterocycles. The summed E-state index contributed by atoms with van der Waals surface area (Å²) in [6.07, 6.45) is 7.85. The van der Waals surface area contributed by atoms with Crippen LogP contribution >= 0.6 is 12.1 Å². The number of Topliss-reactive ketones (excluding diaryl/α,β-unsaturated/α-hetero) is 1. The molecule has 0 bridgehead atoms. The Bertz CT molecular complexity index is 619. The number of aryl methyl sites for hydroxylation is 1. The van der Waals surface area contributed by atoms with Gasteiger partial charge in [0.1, 0.15) is 0 Å². The summed E-state index contributed by atoms with van der Waals surface area (Å²) in [6.45, 7) is 1.93. The normalized spacial score (nSPS) is 16.6. The number of allylic oxidation sites excluding steroid dienone is 3. The van der Waals surface area contributed by atoms with Crippen LogP contribution in [0.15, 0.2) is 54.0 Å². The predicted octanol–water partition coefficient (Wildman–Crippen LogP) is 2.27. The van der Waals surface area contributed by atoms with Crippen molar-refractivity contribution >= 4 is 17.9 Å². The molecule has 3 heterocycles. The number of pyridine rings is 1. The predicted molar refractivity (Wildman–Crippen MR) is 75.6 cm³/mol. The zero-order valence-electron chi connectivity index (χ0n) is 10.5. The highest BCUT2D eigenvalue weighted by Crippen LogP contribution is 2.27. The van der Waals surface area contributed by atoms with Crippen molar-refractivity contribution in [2.75, 3.05) is 0 Å². The molecule has 4 nitrogen and oxygen atoms in total. The number of hydrogen-bond acceptors (Lipinski definition) is 5. The van der Waals surface area contributed by atoms with Gasteiger partial charge in [-0.1, -0.05) is 6.07 Å². The summed E-state index contributed by atoms with van der Waals surface area (Å²) < 4.78 is 5.02. The monoisotopic (exact) mass is 271 g/mol. The SMILES string of the molecule is Cc1cccc(CC(=O)C2=CC3=CNSN3C=C2)n1. The number of nitrogens with zero attached hydrogens (tertiary/aromatic N) is 2. The van der Waals surface area contributed by atoms with Gasteiger partial charge in [-0.3, -0.25) is 14.1 Å². The van der Waals surface area contributed by atoms with E-state index in [2.05, 4.69) is 9.71 Å². The minimum absolute atomic E-state index is 0.0896. The number of hydrogen-bond donors (Lipinski definition) is 1. The number of rotatable bonds is 3. The Hall–Kier alpha value is -2.01. The first kappa shape index (κ1) is 12.0. The Morgan fingerprint density at radius 3 is 3.21 bits per heavy atom. The molecule has 3 rings (SSSR count). The van der Waals surface area contributed by atoms with Crippen molar-refractivity contribution < 1.29 is 4.79 Å². The van der Waals surface area contributed by atoms with E-state index in [1.165, 1.54) is 12.1 Å². The van der Waals surface area contributed by atoms with Gasteiger partial charge in [-0.25, -0.2) is 0 Å². The van der Waals surface area contributed by atoms with Crippen molar-refractivity contribution in [3.63, 3.8) is 0 Å². The van der Waals surface area contributed by atoms with Gasteiger partial charge >= 0.3 is 0 Å². The molecular formula is C14H13N3OS. The third-order valence-electron chi connectivity index (χ3n) is 2.91. The van der Waals surface area contributed by atoms with Crippen LogP contribution in [0.5, 0.6) is 0 Å². The number of ketones is 1. The van der Waals surface area contributed by atoms with Crippen molar-refractivity contribution in [3.05, 3.63) is 65.4 Å². The molecule has 96 valence electrons. The summed E-state index contributed by atoms with van der Waals surface area (Å²) in [5.41, 5.74) is 3.46. The van der Waals surface area contributed by atoms with Crippen molar-refractivity contribution in [1.82, 2.24) is 14.0 Å². The van der Waals surface area contributed by atoms with Gasteiger partial charge in [-0.05, 0) is 31.2 Å². The lowest BCUT2D eigenvalue weighted by Gasteiger charge is -2.16. The van der Waals surface area contributed by atoms with E-state index in [9.17, 15) is 4.79 Å². The van der Waals surface area contributed by atoms with Crippen LogP contribution in [0.1, 0.15) is 11.4 Å². The van der Waals surface area contributed by atoms with E-state index >= 15 is 0 Å². The molecule has 19 heavy (non-hydrogen) atoms. The lowest BCUT2D eigenvalue weighted by Crippen LogP contribution is -2.13. The van der Waals surface area contributed by atoms with Gasteiger partial charge in [0.15, 0.2) is 5.78 Å². The summed E-state index contributed by atoms with van der Waals surface area (Å²) in [5.74, 6) is 0.0896. The van der Waals surface area contributed by atoms with Gasteiger partial charge in [0.25, 0.3) is 0 Å². The average Bonchev–Trinajstić information content (AvgIpc) is 2.85. The quantitative estimate of drug-likeness (QED) is 0.854. The van der Waals surface area contributed by atoms with Crippen LogP contribution in [-0.4, -0.2) is 15.1 Å². The van der Waals surface area contributed by atoms with Crippen molar-refractivity contribution in [3.8, 4) is 0 Å². The second-order valence-corrected chi connectivity index (χ2v) is 5.20. The molecule has 0 aromatic carbocycles. The molecule has 5 heteroatoms. The molecule has 0 spiro atoms. The molecule has 0 unspecified atom stereocenters. The second-order valence-electron chi connectivity index (χ2n) is 4.39. The van der Waals surface area contributed by atoms with E-state index in [-0.39, 0.29) is 5.78 Å². The molecule has 0 aliphatic carbocycles. The van der Waals surface area contributed by atoms with E-state index in [0.717, 1.165) is 22.7 Å². The number of carbonyl (C=O) groups is 1. The molecular weight excluding hydrogens is 258 g/mol. The Labute approximate surface area is 116 Å². The maximum absolute atomic E-state index is 12.2. The van der Waals surface area contributed by atoms with E-state index in [1.54, 1.807) is 0 Å². The van der Waals surface area contributed by atoms with Crippen LogP contribution in [0.3, 0.4) is 0 Å². The first-order valence-corrected chi connectivity index (χ1v) is 6.77. The maximum Gasteiger partial charge on any atom is 0.168 e. The highest BCUT2D eigenvalue weighted by Gasteiger charge is 2.19. The summed E-state index contributed by atoms with van der Waals surface area (Å²) in [5, 5.41) is 0. The smallest absolute Gasteiger partial charge is 0.168 e. The first-order chi connectivity index (χ1) is 9.22. The zero-order valence-corrected chi connectivity index (χ0v) is 11.3.